The van der Waals surface area contributed by atoms with Crippen LogP contribution in [0, 0.1) is 5.92 Å². The van der Waals surface area contributed by atoms with E-state index in [0.29, 0.717) is 0 Å². The lowest BCUT2D eigenvalue weighted by atomic mass is 9.98. The fourth-order valence-corrected chi connectivity index (χ4v) is 4.13. The number of nitrogens with one attached hydrogen (secondary N) is 1. The highest BCUT2D eigenvalue weighted by Gasteiger charge is 2.35. The summed E-state index contributed by atoms with van der Waals surface area (Å²) in [6, 6.07) is 16.3. The van der Waals surface area contributed by atoms with E-state index in [-0.39, 0.29) is 57.7 Å². The van der Waals surface area contributed by atoms with Gasteiger partial charge < -0.3 is 24.8 Å². The number of rotatable bonds is 9. The van der Waals surface area contributed by atoms with Crippen LogP contribution in [-0.4, -0.2) is 67.4 Å². The summed E-state index contributed by atoms with van der Waals surface area (Å²) in [6.45, 7) is 1.53. The molecule has 0 spiro atoms. The fraction of sp³-hybridized carbons (Fsp3) is 0.375. The molecule has 168 valence electrons. The molecule has 0 aromatic heterocycles. The van der Waals surface area contributed by atoms with Crippen LogP contribution in [0.15, 0.2) is 48.5 Å². The highest BCUT2D eigenvalue weighted by Crippen LogP contribution is 2.44. The number of benzene rings is 2. The topological polar surface area (TPSA) is 105 Å². The number of hydrogen-bond donors (Lipinski definition) is 2. The standard InChI is InChI=1S/C24H26N2O6/c27-22(26-13-16(14-26)23(28)29)9-11-31-12-10-25-24(30)32-15-21-19-7-3-1-5-17(19)18-6-2-4-8-20(18)21/h1-8,16,21H,9-15H2,(H,25,30)(H,28,29). The van der Waals surface area contributed by atoms with Gasteiger partial charge >= 0.3 is 12.1 Å². The molecule has 0 unspecified atom stereocenters. The minimum absolute atomic E-state index is 0.0117. The molecular weight excluding hydrogens is 412 g/mol. The summed E-state index contributed by atoms with van der Waals surface area (Å²) >= 11 is 0. The molecule has 2 amide bonds. The van der Waals surface area contributed by atoms with Gasteiger partial charge in [0.2, 0.25) is 5.91 Å². The van der Waals surface area contributed by atoms with Crippen LogP contribution in [0.5, 0.6) is 0 Å². The van der Waals surface area contributed by atoms with Crippen LogP contribution < -0.4 is 5.32 Å². The number of alkyl carbamates (subject to hydrolysis) is 1. The zero-order valence-corrected chi connectivity index (χ0v) is 17.7. The first-order valence-electron chi connectivity index (χ1n) is 10.7. The number of carboxylic acids is 1. The summed E-state index contributed by atoms with van der Waals surface area (Å²) in [5, 5.41) is 11.5. The second kappa shape index (κ2) is 9.82. The smallest absolute Gasteiger partial charge is 0.407 e. The number of carbonyl (C=O) groups is 3. The molecular formula is C24H26N2O6. The van der Waals surface area contributed by atoms with Gasteiger partial charge in [-0.25, -0.2) is 4.79 Å². The van der Waals surface area contributed by atoms with Gasteiger partial charge in [-0.15, -0.1) is 0 Å². The number of nitrogens with zero attached hydrogens (tertiary/aromatic N) is 1. The van der Waals surface area contributed by atoms with Gasteiger partial charge in [-0.3, -0.25) is 9.59 Å². The van der Waals surface area contributed by atoms with Crippen molar-refractivity contribution in [2.45, 2.75) is 12.3 Å². The molecule has 1 aliphatic carbocycles. The van der Waals surface area contributed by atoms with Crippen LogP contribution in [0.1, 0.15) is 23.5 Å². The lowest BCUT2D eigenvalue weighted by Crippen LogP contribution is -2.53. The van der Waals surface area contributed by atoms with Crippen molar-refractivity contribution in [2.75, 3.05) is 39.5 Å². The minimum Gasteiger partial charge on any atom is -0.481 e. The summed E-state index contributed by atoms with van der Waals surface area (Å²) in [6.07, 6.45) is -0.316. The van der Waals surface area contributed by atoms with Crippen molar-refractivity contribution in [2.24, 2.45) is 5.92 Å². The second-order valence-corrected chi connectivity index (χ2v) is 7.95. The van der Waals surface area contributed by atoms with Gasteiger partial charge in [-0.05, 0) is 22.3 Å². The van der Waals surface area contributed by atoms with E-state index in [2.05, 4.69) is 29.6 Å². The monoisotopic (exact) mass is 438 g/mol. The van der Waals surface area contributed by atoms with E-state index in [0.717, 1.165) is 11.1 Å². The molecule has 32 heavy (non-hydrogen) atoms. The Labute approximate surface area is 186 Å². The van der Waals surface area contributed by atoms with Crippen LogP contribution in [0.4, 0.5) is 4.79 Å². The summed E-state index contributed by atoms with van der Waals surface area (Å²) in [4.78, 5) is 36.2. The Bertz CT molecular complexity index is 956. The Balaban J connectivity index is 1.13. The lowest BCUT2D eigenvalue weighted by Gasteiger charge is -2.36. The normalized spacial score (nSPS) is 14.9. The van der Waals surface area contributed by atoms with Gasteiger partial charge in [-0.1, -0.05) is 48.5 Å². The molecule has 1 saturated heterocycles. The molecule has 2 aromatic carbocycles. The van der Waals surface area contributed by atoms with E-state index in [1.807, 2.05) is 24.3 Å². The Morgan fingerprint density at radius 3 is 2.22 bits per heavy atom. The van der Waals surface area contributed by atoms with Gasteiger partial charge in [0.25, 0.3) is 0 Å². The number of fused-ring (bicyclic) bond motifs is 3. The van der Waals surface area contributed by atoms with Crippen LogP contribution >= 0.6 is 0 Å². The van der Waals surface area contributed by atoms with E-state index in [4.69, 9.17) is 14.6 Å². The largest absolute Gasteiger partial charge is 0.481 e. The molecule has 1 fully saturated rings. The van der Waals surface area contributed by atoms with Gasteiger partial charge in [0.05, 0.1) is 25.6 Å². The van der Waals surface area contributed by atoms with E-state index in [1.54, 1.807) is 0 Å². The Hall–Kier alpha value is -3.39. The maximum absolute atomic E-state index is 12.1. The van der Waals surface area contributed by atoms with Crippen molar-refractivity contribution in [3.63, 3.8) is 0 Å². The van der Waals surface area contributed by atoms with Gasteiger partial charge in [0.15, 0.2) is 0 Å². The molecule has 2 N–H and O–H groups in total. The maximum Gasteiger partial charge on any atom is 0.407 e. The molecule has 4 rings (SSSR count). The van der Waals surface area contributed by atoms with Crippen LogP contribution in [0.25, 0.3) is 11.1 Å². The third kappa shape index (κ3) is 4.75. The minimum atomic E-state index is -0.871. The third-order valence-corrected chi connectivity index (χ3v) is 5.90. The predicted octanol–water partition coefficient (Wildman–Crippen LogP) is 2.47. The molecule has 8 heteroatoms. The van der Waals surface area contributed by atoms with E-state index >= 15 is 0 Å². The number of ether oxygens (including phenoxy) is 2. The summed E-state index contributed by atoms with van der Waals surface area (Å²) in [7, 11) is 0. The zero-order chi connectivity index (χ0) is 22.5. The van der Waals surface area contributed by atoms with E-state index in [1.165, 1.54) is 16.0 Å². The summed E-state index contributed by atoms with van der Waals surface area (Å²) in [5.41, 5.74) is 4.67. The SMILES string of the molecule is O=C(NCCOCCC(=O)N1CC(C(=O)O)C1)OCC1c2ccccc2-c2ccccc21. The number of likely N-dealkylation sites (tertiary alicyclic amines) is 1. The molecule has 0 atom stereocenters. The fourth-order valence-electron chi connectivity index (χ4n) is 4.13. The van der Waals surface area contributed by atoms with Gasteiger partial charge in [-0.2, -0.15) is 0 Å². The van der Waals surface area contributed by atoms with E-state index in [9.17, 15) is 14.4 Å². The van der Waals surface area contributed by atoms with Crippen molar-refractivity contribution in [1.29, 1.82) is 0 Å². The van der Waals surface area contributed by atoms with Gasteiger partial charge in [0.1, 0.15) is 6.61 Å². The average Bonchev–Trinajstić information content (AvgIpc) is 3.07. The summed E-state index contributed by atoms with van der Waals surface area (Å²) < 4.78 is 10.8. The highest BCUT2D eigenvalue weighted by molar-refractivity contribution is 5.81. The van der Waals surface area contributed by atoms with Crippen LogP contribution in [0.3, 0.4) is 0 Å². The van der Waals surface area contributed by atoms with E-state index < -0.39 is 18.0 Å². The number of carboxylic acid groups (broad SMARTS) is 1. The Morgan fingerprint density at radius 2 is 1.59 bits per heavy atom. The average molecular weight is 438 g/mol. The molecule has 2 aliphatic rings. The van der Waals surface area contributed by atoms with Crippen molar-refractivity contribution >= 4 is 18.0 Å². The van der Waals surface area contributed by atoms with Crippen molar-refractivity contribution in [3.8, 4) is 11.1 Å². The maximum atomic E-state index is 12.1. The highest BCUT2D eigenvalue weighted by atomic mass is 16.5. The molecule has 0 bridgehead atoms. The Morgan fingerprint density at radius 1 is 0.969 bits per heavy atom. The quantitative estimate of drug-likeness (QED) is 0.583. The first kappa shape index (κ1) is 21.8. The molecule has 8 nitrogen and oxygen atoms in total. The van der Waals surface area contributed by atoms with Gasteiger partial charge in [0, 0.05) is 25.6 Å². The lowest BCUT2D eigenvalue weighted by molar-refractivity contribution is -0.153. The molecule has 2 aromatic rings. The first-order chi connectivity index (χ1) is 15.5. The predicted molar refractivity (Wildman–Crippen MR) is 116 cm³/mol. The number of carbonyl (C=O) groups excluding carboxylic acids is 2. The van der Waals surface area contributed by atoms with Crippen molar-refractivity contribution in [3.05, 3.63) is 59.7 Å². The molecule has 0 radical (unpaired) electrons. The first-order valence-corrected chi connectivity index (χ1v) is 10.7. The third-order valence-electron chi connectivity index (χ3n) is 5.90. The molecule has 1 aliphatic heterocycles. The second-order valence-electron chi connectivity index (χ2n) is 7.95. The summed E-state index contributed by atoms with van der Waals surface area (Å²) in [5.74, 6) is -1.43. The van der Waals surface area contributed by atoms with Crippen LogP contribution in [-0.2, 0) is 19.1 Å². The van der Waals surface area contributed by atoms with Crippen molar-refractivity contribution in [1.82, 2.24) is 10.2 Å². The number of hydrogen-bond acceptors (Lipinski definition) is 5. The van der Waals surface area contributed by atoms with Crippen molar-refractivity contribution < 1.29 is 29.0 Å². The number of amides is 2. The molecule has 1 heterocycles. The number of aliphatic carboxylic acids is 1. The Kier molecular flexibility index (Phi) is 6.70. The zero-order valence-electron chi connectivity index (χ0n) is 17.7. The molecule has 0 saturated carbocycles. The van der Waals surface area contributed by atoms with Crippen LogP contribution in [0.2, 0.25) is 0 Å².